The summed E-state index contributed by atoms with van der Waals surface area (Å²) in [7, 11) is 2.80. The first-order chi connectivity index (χ1) is 9.13. The van der Waals surface area contributed by atoms with Crippen molar-refractivity contribution in [2.75, 3.05) is 14.1 Å². The summed E-state index contributed by atoms with van der Waals surface area (Å²) in [6.45, 7) is 0. The number of imide groups is 1. The summed E-state index contributed by atoms with van der Waals surface area (Å²) in [4.78, 5) is 24.0. The number of ether oxygens (including phenoxy) is 1. The van der Waals surface area contributed by atoms with E-state index in [9.17, 15) is 9.59 Å². The van der Waals surface area contributed by atoms with Gasteiger partial charge in [-0.3, -0.25) is 0 Å². The minimum Gasteiger partial charge on any atom is -0.409 e. The van der Waals surface area contributed by atoms with Crippen LogP contribution in [0.3, 0.4) is 0 Å². The Hall–Kier alpha value is -2.56. The second-order valence-corrected chi connectivity index (χ2v) is 3.96. The fraction of sp³-hybridized carbons (Fsp3) is 0.143. The van der Waals surface area contributed by atoms with Gasteiger partial charge in [-0.15, -0.1) is 0 Å². The van der Waals surface area contributed by atoms with Gasteiger partial charge in [0.15, 0.2) is 0 Å². The highest BCUT2D eigenvalue weighted by atomic mass is 16.6. The minimum absolute atomic E-state index is 0.429. The summed E-state index contributed by atoms with van der Waals surface area (Å²) in [5, 5.41) is 4.15. The quantitative estimate of drug-likeness (QED) is 0.855. The van der Waals surface area contributed by atoms with Crippen molar-refractivity contribution in [2.24, 2.45) is 0 Å². The van der Waals surface area contributed by atoms with Gasteiger partial charge in [0.2, 0.25) is 0 Å². The molecule has 0 spiro atoms. The Morgan fingerprint density at radius 2 is 1.79 bits per heavy atom. The number of carbonyl (C=O) groups is 2. The molecule has 5 heteroatoms. The summed E-state index contributed by atoms with van der Waals surface area (Å²) >= 11 is 0. The van der Waals surface area contributed by atoms with Crippen LogP contribution in [0.2, 0.25) is 0 Å². The fourth-order valence-corrected chi connectivity index (χ4v) is 1.70. The first-order valence-electron chi connectivity index (χ1n) is 5.78. The van der Waals surface area contributed by atoms with E-state index in [0.29, 0.717) is 5.75 Å². The summed E-state index contributed by atoms with van der Waals surface area (Å²) in [6, 6.07) is 12.4. The maximum absolute atomic E-state index is 11.8. The summed E-state index contributed by atoms with van der Waals surface area (Å²) in [5.41, 5.74) is 0. The molecule has 19 heavy (non-hydrogen) atoms. The van der Waals surface area contributed by atoms with Crippen molar-refractivity contribution in [3.05, 3.63) is 42.5 Å². The maximum atomic E-state index is 11.8. The van der Waals surface area contributed by atoms with E-state index in [0.717, 1.165) is 15.7 Å². The second-order valence-electron chi connectivity index (χ2n) is 3.96. The van der Waals surface area contributed by atoms with Crippen molar-refractivity contribution in [3.63, 3.8) is 0 Å². The van der Waals surface area contributed by atoms with Gasteiger partial charge < -0.3 is 10.1 Å². The number of hydrogen-bond acceptors (Lipinski definition) is 3. The summed E-state index contributed by atoms with van der Waals surface area (Å²) < 4.78 is 5.24. The molecule has 0 aliphatic heterocycles. The van der Waals surface area contributed by atoms with E-state index < -0.39 is 12.1 Å². The average molecular weight is 258 g/mol. The predicted octanol–water partition coefficient (Wildman–Crippen LogP) is 2.61. The fourth-order valence-electron chi connectivity index (χ4n) is 1.70. The molecule has 0 fully saturated rings. The molecule has 0 aliphatic carbocycles. The lowest BCUT2D eigenvalue weighted by Gasteiger charge is -2.15. The van der Waals surface area contributed by atoms with Crippen LogP contribution in [0.4, 0.5) is 9.59 Å². The lowest BCUT2D eigenvalue weighted by molar-refractivity contribution is 0.163. The van der Waals surface area contributed by atoms with Gasteiger partial charge in [-0.1, -0.05) is 36.4 Å². The highest BCUT2D eigenvalue weighted by Gasteiger charge is 2.18. The molecule has 0 radical (unpaired) electrons. The minimum atomic E-state index is -0.726. The zero-order valence-corrected chi connectivity index (χ0v) is 10.7. The molecule has 0 atom stereocenters. The van der Waals surface area contributed by atoms with Gasteiger partial charge in [0.1, 0.15) is 5.75 Å². The predicted molar refractivity (Wildman–Crippen MR) is 72.2 cm³/mol. The van der Waals surface area contributed by atoms with E-state index in [1.807, 2.05) is 30.3 Å². The van der Waals surface area contributed by atoms with Gasteiger partial charge in [0.25, 0.3) is 0 Å². The average Bonchev–Trinajstić information content (AvgIpc) is 2.46. The number of fused-ring (bicyclic) bond motifs is 1. The highest BCUT2D eigenvalue weighted by molar-refractivity contribution is 5.94. The Labute approximate surface area is 110 Å². The van der Waals surface area contributed by atoms with Crippen LogP contribution in [-0.2, 0) is 0 Å². The molecule has 0 saturated carbocycles. The molecule has 98 valence electrons. The lowest BCUT2D eigenvalue weighted by Crippen LogP contribution is -2.40. The number of hydrogen-bond donors (Lipinski definition) is 1. The molecule has 2 aromatic carbocycles. The zero-order valence-electron chi connectivity index (χ0n) is 10.7. The third kappa shape index (κ3) is 2.65. The van der Waals surface area contributed by atoms with Crippen LogP contribution in [-0.4, -0.2) is 31.1 Å². The van der Waals surface area contributed by atoms with E-state index in [-0.39, 0.29) is 0 Å². The van der Waals surface area contributed by atoms with Gasteiger partial charge >= 0.3 is 12.1 Å². The number of amides is 3. The van der Waals surface area contributed by atoms with Gasteiger partial charge in [0, 0.05) is 19.5 Å². The van der Waals surface area contributed by atoms with Gasteiger partial charge in [-0.2, -0.15) is 0 Å². The number of urea groups is 1. The molecule has 2 rings (SSSR count). The van der Waals surface area contributed by atoms with Crippen LogP contribution in [0.5, 0.6) is 5.75 Å². The first-order valence-corrected chi connectivity index (χ1v) is 5.78. The van der Waals surface area contributed by atoms with E-state index in [1.165, 1.54) is 14.1 Å². The maximum Gasteiger partial charge on any atom is 0.423 e. The van der Waals surface area contributed by atoms with Crippen LogP contribution in [0, 0.1) is 0 Å². The SMILES string of the molecule is CNC(=O)N(C)C(=O)Oc1cccc2ccccc12. The summed E-state index contributed by atoms with van der Waals surface area (Å²) in [5.74, 6) is 0.429. The van der Waals surface area contributed by atoms with Gasteiger partial charge in [-0.05, 0) is 11.5 Å². The monoisotopic (exact) mass is 258 g/mol. The Balaban J connectivity index is 2.27. The Bertz CT molecular complexity index is 620. The normalized spacial score (nSPS) is 10.0. The lowest BCUT2D eigenvalue weighted by atomic mass is 10.1. The number of rotatable bonds is 1. The van der Waals surface area contributed by atoms with Crippen molar-refractivity contribution >= 4 is 22.9 Å². The van der Waals surface area contributed by atoms with E-state index >= 15 is 0 Å². The van der Waals surface area contributed by atoms with Crippen LogP contribution in [0.25, 0.3) is 10.8 Å². The van der Waals surface area contributed by atoms with E-state index in [4.69, 9.17) is 4.74 Å². The standard InChI is InChI=1S/C14H14N2O3/c1-15-13(17)16(2)14(18)19-12-9-5-7-10-6-3-4-8-11(10)12/h3-9H,1-2H3,(H,15,17). The number of carbonyl (C=O) groups excluding carboxylic acids is 2. The highest BCUT2D eigenvalue weighted by Crippen LogP contribution is 2.25. The van der Waals surface area contributed by atoms with Crippen molar-refractivity contribution in [1.82, 2.24) is 10.2 Å². The molecule has 5 nitrogen and oxygen atoms in total. The first kappa shape index (κ1) is 12.9. The molecule has 3 amide bonds. The van der Waals surface area contributed by atoms with E-state index in [1.54, 1.807) is 12.1 Å². The molecule has 0 saturated heterocycles. The topological polar surface area (TPSA) is 58.6 Å². The van der Waals surface area contributed by atoms with Gasteiger partial charge in [0.05, 0.1) is 0 Å². The zero-order chi connectivity index (χ0) is 13.8. The molecule has 0 heterocycles. The molecule has 1 N–H and O–H groups in total. The van der Waals surface area contributed by atoms with Gasteiger partial charge in [-0.25, -0.2) is 14.5 Å². The molecule has 0 unspecified atom stereocenters. The third-order valence-electron chi connectivity index (χ3n) is 2.74. The molecule has 2 aromatic rings. The van der Waals surface area contributed by atoms with Crippen molar-refractivity contribution in [1.29, 1.82) is 0 Å². The van der Waals surface area contributed by atoms with Crippen LogP contribution >= 0.6 is 0 Å². The third-order valence-corrected chi connectivity index (χ3v) is 2.74. The molecule has 0 bridgehead atoms. The number of nitrogens with zero attached hydrogens (tertiary/aromatic N) is 1. The van der Waals surface area contributed by atoms with Crippen LogP contribution < -0.4 is 10.1 Å². The Kier molecular flexibility index (Phi) is 3.66. The molecular weight excluding hydrogens is 244 g/mol. The van der Waals surface area contributed by atoms with Crippen molar-refractivity contribution in [3.8, 4) is 5.75 Å². The summed E-state index contributed by atoms with van der Waals surface area (Å²) in [6.07, 6.45) is -0.726. The van der Waals surface area contributed by atoms with Crippen molar-refractivity contribution in [2.45, 2.75) is 0 Å². The second kappa shape index (κ2) is 5.39. The molecule has 0 aromatic heterocycles. The van der Waals surface area contributed by atoms with Crippen LogP contribution in [0.15, 0.2) is 42.5 Å². The van der Waals surface area contributed by atoms with Crippen molar-refractivity contribution < 1.29 is 14.3 Å². The van der Waals surface area contributed by atoms with E-state index in [2.05, 4.69) is 5.32 Å². The smallest absolute Gasteiger partial charge is 0.409 e. The van der Waals surface area contributed by atoms with Crippen LogP contribution in [0.1, 0.15) is 0 Å². The largest absolute Gasteiger partial charge is 0.423 e. The Morgan fingerprint density at radius 3 is 2.53 bits per heavy atom. The molecule has 0 aliphatic rings. The number of benzene rings is 2. The molecular formula is C14H14N2O3. The number of nitrogens with one attached hydrogen (secondary N) is 1. The Morgan fingerprint density at radius 1 is 1.11 bits per heavy atom.